The number of anilines is 1. The molecule has 2 aromatic carbocycles. The lowest BCUT2D eigenvalue weighted by Gasteiger charge is -2.16. The number of benzene rings is 2. The number of methoxy groups -OCH3 is 1. The molecule has 154 valence electrons. The summed E-state index contributed by atoms with van der Waals surface area (Å²) in [6, 6.07) is 9.20. The molecule has 9 heteroatoms. The normalized spacial score (nSPS) is 10.8. The van der Waals surface area contributed by atoms with E-state index >= 15 is 0 Å². The van der Waals surface area contributed by atoms with Crippen LogP contribution in [-0.4, -0.2) is 26.2 Å². The number of ether oxygens (including phenoxy) is 3. The van der Waals surface area contributed by atoms with E-state index in [1.54, 1.807) is 0 Å². The molecule has 0 bridgehead atoms. The fraction of sp³-hybridized carbons (Fsp3) is 0.300. The predicted molar refractivity (Wildman–Crippen MR) is 99.1 cm³/mol. The topological polar surface area (TPSA) is 80.6 Å². The molecule has 0 aliphatic heterocycles. The quantitative estimate of drug-likeness (QED) is 0.701. The zero-order chi connectivity index (χ0) is 21.4. The van der Waals surface area contributed by atoms with Crippen LogP contribution in [0.3, 0.4) is 0 Å². The minimum Gasteiger partial charge on any atom is -0.493 e. The van der Waals surface area contributed by atoms with Gasteiger partial charge < -0.3 is 19.5 Å². The largest absolute Gasteiger partial charge is 0.493 e. The maximum absolute atomic E-state index is 13.0. The van der Waals surface area contributed by atoms with Crippen molar-refractivity contribution < 1.29 is 32.2 Å². The summed E-state index contributed by atoms with van der Waals surface area (Å²) < 4.78 is 54.8. The van der Waals surface area contributed by atoms with Crippen LogP contribution in [0.5, 0.6) is 17.2 Å². The summed E-state index contributed by atoms with van der Waals surface area (Å²) in [4.78, 5) is 12.2. The van der Waals surface area contributed by atoms with E-state index in [9.17, 15) is 18.0 Å². The number of alkyl halides is 3. The fourth-order valence-corrected chi connectivity index (χ4v) is 2.33. The zero-order valence-electron chi connectivity index (χ0n) is 15.8. The highest BCUT2D eigenvalue weighted by Crippen LogP contribution is 2.35. The molecule has 0 fully saturated rings. The maximum atomic E-state index is 13.0. The number of hydrogen-bond donors (Lipinski definition) is 1. The second-order valence-corrected chi connectivity index (χ2v) is 5.87. The lowest BCUT2D eigenvalue weighted by Crippen LogP contribution is -2.21. The third-order valence-electron chi connectivity index (χ3n) is 3.69. The average Bonchev–Trinajstić information content (AvgIpc) is 2.70. The number of carbonyl (C=O) groups excluding carboxylic acids is 1. The van der Waals surface area contributed by atoms with Gasteiger partial charge in [-0.25, -0.2) is 0 Å². The summed E-state index contributed by atoms with van der Waals surface area (Å²) in [7, 11) is 1.38. The van der Waals surface area contributed by atoms with Gasteiger partial charge in [0.15, 0.2) is 18.1 Å². The molecular weight excluding hydrogens is 389 g/mol. The molecule has 2 rings (SSSR count). The third-order valence-corrected chi connectivity index (χ3v) is 3.69. The Morgan fingerprint density at radius 1 is 1.10 bits per heavy atom. The number of carbonyl (C=O) groups is 1. The molecular formula is C20H19F3N2O4. The number of hydrogen-bond acceptors (Lipinski definition) is 5. The fourth-order valence-electron chi connectivity index (χ4n) is 2.33. The molecule has 2 aromatic rings. The van der Waals surface area contributed by atoms with Crippen LogP contribution in [0.2, 0.25) is 0 Å². The Hall–Kier alpha value is -3.41. The van der Waals surface area contributed by atoms with Gasteiger partial charge >= 0.3 is 6.18 Å². The van der Waals surface area contributed by atoms with Crippen LogP contribution in [0.4, 0.5) is 18.9 Å². The number of rotatable bonds is 8. The molecule has 1 N–H and O–H groups in total. The molecule has 0 heterocycles. The monoisotopic (exact) mass is 408 g/mol. The van der Waals surface area contributed by atoms with Crippen LogP contribution in [0, 0.1) is 11.3 Å². The predicted octanol–water partition coefficient (Wildman–Crippen LogP) is 4.39. The first-order valence-corrected chi connectivity index (χ1v) is 8.63. The van der Waals surface area contributed by atoms with Gasteiger partial charge in [0.25, 0.3) is 5.91 Å². The number of nitriles is 1. The van der Waals surface area contributed by atoms with Crippen molar-refractivity contribution in [2.75, 3.05) is 25.6 Å². The van der Waals surface area contributed by atoms with Crippen molar-refractivity contribution in [3.8, 4) is 23.3 Å². The first-order valence-electron chi connectivity index (χ1n) is 8.63. The van der Waals surface area contributed by atoms with Gasteiger partial charge in [0.05, 0.1) is 36.6 Å². The Bertz CT molecular complexity index is 908. The van der Waals surface area contributed by atoms with Gasteiger partial charge in [-0.3, -0.25) is 4.79 Å². The van der Waals surface area contributed by atoms with Crippen molar-refractivity contribution in [3.63, 3.8) is 0 Å². The molecule has 0 radical (unpaired) electrons. The van der Waals surface area contributed by atoms with E-state index < -0.39 is 24.3 Å². The zero-order valence-corrected chi connectivity index (χ0v) is 15.8. The second kappa shape index (κ2) is 9.68. The highest BCUT2D eigenvalue weighted by molar-refractivity contribution is 5.93. The minimum absolute atomic E-state index is 0.103. The molecule has 1 amide bonds. The van der Waals surface area contributed by atoms with Gasteiger partial charge in [0.1, 0.15) is 5.75 Å². The van der Waals surface area contributed by atoms with Crippen molar-refractivity contribution in [2.24, 2.45) is 0 Å². The molecule has 29 heavy (non-hydrogen) atoms. The molecule has 6 nitrogen and oxygen atoms in total. The lowest BCUT2D eigenvalue weighted by atomic mass is 10.1. The van der Waals surface area contributed by atoms with E-state index in [2.05, 4.69) is 5.32 Å². The van der Waals surface area contributed by atoms with E-state index in [0.29, 0.717) is 12.0 Å². The number of nitrogens with zero attached hydrogens (tertiary/aromatic N) is 1. The smallest absolute Gasteiger partial charge is 0.416 e. The first-order chi connectivity index (χ1) is 13.8. The average molecular weight is 408 g/mol. The van der Waals surface area contributed by atoms with Crippen molar-refractivity contribution in [1.82, 2.24) is 0 Å². The summed E-state index contributed by atoms with van der Waals surface area (Å²) in [6.45, 7) is 1.65. The van der Waals surface area contributed by atoms with Crippen LogP contribution in [-0.2, 0) is 11.0 Å². The number of nitrogens with one attached hydrogen (secondary N) is 1. The van der Waals surface area contributed by atoms with E-state index in [-0.39, 0.29) is 29.5 Å². The van der Waals surface area contributed by atoms with Gasteiger partial charge in [0.2, 0.25) is 0 Å². The second-order valence-electron chi connectivity index (χ2n) is 5.87. The maximum Gasteiger partial charge on any atom is 0.416 e. The van der Waals surface area contributed by atoms with E-state index in [0.717, 1.165) is 12.1 Å². The van der Waals surface area contributed by atoms with Crippen molar-refractivity contribution in [1.29, 1.82) is 5.26 Å². The van der Waals surface area contributed by atoms with Gasteiger partial charge in [-0.2, -0.15) is 18.4 Å². The minimum atomic E-state index is -4.56. The molecule has 0 aromatic heterocycles. The van der Waals surface area contributed by atoms with Gasteiger partial charge in [-0.1, -0.05) is 6.92 Å². The Morgan fingerprint density at radius 3 is 2.45 bits per heavy atom. The Labute approximate surface area is 165 Å². The van der Waals surface area contributed by atoms with Crippen molar-refractivity contribution >= 4 is 11.6 Å². The highest BCUT2D eigenvalue weighted by atomic mass is 19.4. The molecule has 0 aliphatic carbocycles. The molecule has 0 unspecified atom stereocenters. The SMILES string of the molecule is CCCOc1ccc(C(F)(F)F)cc1NC(=O)COc1ccc(C#N)cc1OC. The Balaban J connectivity index is 2.14. The first kappa shape index (κ1) is 21.9. The van der Waals surface area contributed by atoms with Crippen LogP contribution < -0.4 is 19.5 Å². The summed E-state index contributed by atoms with van der Waals surface area (Å²) in [5.41, 5.74) is -0.666. The van der Waals surface area contributed by atoms with E-state index in [4.69, 9.17) is 19.5 Å². The summed E-state index contributed by atoms with van der Waals surface area (Å²) in [5.74, 6) is -0.0859. The van der Waals surface area contributed by atoms with Crippen molar-refractivity contribution in [2.45, 2.75) is 19.5 Å². The highest BCUT2D eigenvalue weighted by Gasteiger charge is 2.31. The molecule has 0 atom stereocenters. The van der Waals surface area contributed by atoms with Crippen LogP contribution in [0.15, 0.2) is 36.4 Å². The van der Waals surface area contributed by atoms with Gasteiger partial charge in [-0.05, 0) is 36.8 Å². The summed E-state index contributed by atoms with van der Waals surface area (Å²) >= 11 is 0. The van der Waals surface area contributed by atoms with Gasteiger partial charge in [-0.15, -0.1) is 0 Å². The van der Waals surface area contributed by atoms with Gasteiger partial charge in [0, 0.05) is 6.07 Å². The summed E-state index contributed by atoms with van der Waals surface area (Å²) in [5, 5.41) is 11.3. The van der Waals surface area contributed by atoms with Crippen LogP contribution in [0.25, 0.3) is 0 Å². The molecule has 0 aliphatic rings. The van der Waals surface area contributed by atoms with E-state index in [1.165, 1.54) is 31.4 Å². The molecule has 0 saturated heterocycles. The van der Waals surface area contributed by atoms with Crippen molar-refractivity contribution in [3.05, 3.63) is 47.5 Å². The Kier molecular flexibility index (Phi) is 7.31. The molecule has 0 saturated carbocycles. The Morgan fingerprint density at radius 2 is 1.83 bits per heavy atom. The van der Waals surface area contributed by atoms with Crippen LogP contribution >= 0.6 is 0 Å². The standard InChI is InChI=1S/C20H19F3N2O4/c1-3-8-28-16-7-5-14(20(21,22)23)10-15(16)25-19(26)12-29-17-6-4-13(11-24)9-18(17)27-2/h4-7,9-10H,3,8,12H2,1-2H3,(H,25,26). The molecule has 0 spiro atoms. The van der Waals surface area contributed by atoms with E-state index in [1.807, 2.05) is 13.0 Å². The third kappa shape index (κ3) is 6.04. The number of amides is 1. The number of halogens is 3. The van der Waals surface area contributed by atoms with Crippen LogP contribution in [0.1, 0.15) is 24.5 Å². The summed E-state index contributed by atoms with van der Waals surface area (Å²) in [6.07, 6.45) is -3.91. The lowest BCUT2D eigenvalue weighted by molar-refractivity contribution is -0.137.